The van der Waals surface area contributed by atoms with Crippen LogP contribution in [-0.4, -0.2) is 18.0 Å². The number of ether oxygens (including phenoxy) is 2. The van der Waals surface area contributed by atoms with Crippen LogP contribution in [0.5, 0.6) is 23.0 Å². The zero-order valence-corrected chi connectivity index (χ0v) is 32.9. The first-order valence-corrected chi connectivity index (χ1v) is 21.0. The van der Waals surface area contributed by atoms with E-state index in [1.165, 1.54) is 32.7 Å². The minimum Gasteiger partial charge on any atom is -0.459 e. The van der Waals surface area contributed by atoms with Crippen molar-refractivity contribution in [2.75, 3.05) is 9.80 Å². The monoisotopic (exact) mass is 777 g/mol. The van der Waals surface area contributed by atoms with E-state index in [2.05, 4.69) is 215 Å². The number of benzene rings is 9. The van der Waals surface area contributed by atoms with Crippen molar-refractivity contribution in [3.63, 3.8) is 0 Å². The van der Waals surface area contributed by atoms with Crippen LogP contribution >= 0.6 is 0 Å². The average molecular weight is 778 g/mol. The highest BCUT2D eigenvalue weighted by atomic mass is 16.5. The Morgan fingerprint density at radius 2 is 0.820 bits per heavy atom. The first-order chi connectivity index (χ1) is 30.3. The van der Waals surface area contributed by atoms with E-state index >= 15 is 0 Å². The van der Waals surface area contributed by atoms with Gasteiger partial charge in [0.1, 0.15) is 23.0 Å². The third-order valence-electron chi connectivity index (χ3n) is 13.3. The molecule has 0 fully saturated rings. The lowest BCUT2D eigenvalue weighted by atomic mass is 9.30. The molecule has 0 N–H and O–H groups in total. The maximum absolute atomic E-state index is 7.31. The summed E-state index contributed by atoms with van der Waals surface area (Å²) in [5.41, 5.74) is 17.0. The Hall–Kier alpha value is -7.89. The lowest BCUT2D eigenvalue weighted by molar-refractivity contribution is 0.467. The van der Waals surface area contributed by atoms with E-state index in [0.717, 1.165) is 84.7 Å². The van der Waals surface area contributed by atoms with Gasteiger partial charge in [-0.2, -0.15) is 0 Å². The Morgan fingerprint density at radius 1 is 0.328 bits per heavy atom. The quantitative estimate of drug-likeness (QED) is 0.167. The molecule has 7 heteroatoms. The van der Waals surface area contributed by atoms with Gasteiger partial charge in [0.05, 0.1) is 16.7 Å². The fourth-order valence-electron chi connectivity index (χ4n) is 10.9. The number of nitrogens with zero attached hydrogens (tertiary/aromatic N) is 3. The minimum atomic E-state index is -0.160. The fourth-order valence-corrected chi connectivity index (χ4v) is 10.9. The Labute approximate surface area is 353 Å². The Bertz CT molecular complexity index is 3410. The molecular weight excluding hydrogens is 744 g/mol. The number of rotatable bonds is 3. The van der Waals surface area contributed by atoms with Crippen LogP contribution < -0.4 is 52.1 Å². The molecule has 0 aliphatic carbocycles. The second-order valence-corrected chi connectivity index (χ2v) is 16.4. The molecule has 14 rings (SSSR count). The van der Waals surface area contributed by atoms with Gasteiger partial charge in [-0.3, -0.25) is 0 Å². The molecule has 4 aliphatic rings. The highest BCUT2D eigenvalue weighted by Crippen LogP contribution is 2.49. The van der Waals surface area contributed by atoms with Gasteiger partial charge in [-0.05, 0) is 94.0 Å². The minimum absolute atomic E-state index is 0.0476. The van der Waals surface area contributed by atoms with Gasteiger partial charge in [0.25, 0.3) is 13.4 Å². The maximum atomic E-state index is 7.31. The number of anilines is 6. The van der Waals surface area contributed by atoms with Crippen molar-refractivity contribution in [3.05, 3.63) is 200 Å². The molecular formula is C54H33B2N3O2. The summed E-state index contributed by atoms with van der Waals surface area (Å²) < 4.78 is 16.7. The summed E-state index contributed by atoms with van der Waals surface area (Å²) in [6, 6.07) is 72.3. The molecule has 0 spiro atoms. The Morgan fingerprint density at radius 3 is 1.46 bits per heavy atom. The fraction of sp³-hybridized carbons (Fsp3) is 0. The number of fused-ring (bicyclic) bond motifs is 12. The zero-order valence-electron chi connectivity index (χ0n) is 32.9. The highest BCUT2D eigenvalue weighted by Gasteiger charge is 2.50. The van der Waals surface area contributed by atoms with Crippen LogP contribution in [0.25, 0.3) is 27.5 Å². The van der Waals surface area contributed by atoms with E-state index in [9.17, 15) is 0 Å². The highest BCUT2D eigenvalue weighted by molar-refractivity contribution is 7.03. The molecule has 1 aromatic heterocycles. The summed E-state index contributed by atoms with van der Waals surface area (Å²) in [5, 5.41) is 2.46. The third kappa shape index (κ3) is 4.47. The normalized spacial score (nSPS) is 13.7. The smallest absolute Gasteiger partial charge is 0.260 e. The van der Waals surface area contributed by atoms with Crippen LogP contribution in [0.2, 0.25) is 0 Å². The zero-order chi connectivity index (χ0) is 39.8. The average Bonchev–Trinajstić information content (AvgIpc) is 3.66. The third-order valence-corrected chi connectivity index (χ3v) is 13.3. The van der Waals surface area contributed by atoms with Crippen molar-refractivity contribution in [1.82, 2.24) is 4.57 Å². The van der Waals surface area contributed by atoms with Crippen molar-refractivity contribution >= 4 is 102 Å². The molecule has 4 aliphatic heterocycles. The summed E-state index contributed by atoms with van der Waals surface area (Å²) in [6.07, 6.45) is 0. The Kier molecular flexibility index (Phi) is 6.66. The largest absolute Gasteiger partial charge is 0.459 e. The van der Waals surface area contributed by atoms with Gasteiger partial charge in [-0.1, -0.05) is 127 Å². The van der Waals surface area contributed by atoms with Gasteiger partial charge in [0, 0.05) is 56.4 Å². The first kappa shape index (κ1) is 33.0. The molecule has 0 bridgehead atoms. The van der Waals surface area contributed by atoms with Gasteiger partial charge >= 0.3 is 0 Å². The van der Waals surface area contributed by atoms with Gasteiger partial charge in [0.15, 0.2) is 0 Å². The lowest BCUT2D eigenvalue weighted by Gasteiger charge is -2.46. The molecule has 9 aromatic carbocycles. The van der Waals surface area contributed by atoms with Crippen molar-refractivity contribution in [2.24, 2.45) is 0 Å². The summed E-state index contributed by atoms with van der Waals surface area (Å²) in [5.74, 6) is 3.46. The van der Waals surface area contributed by atoms with Gasteiger partial charge in [0.2, 0.25) is 0 Å². The van der Waals surface area contributed by atoms with Crippen LogP contribution in [0.3, 0.4) is 0 Å². The first-order valence-electron chi connectivity index (χ1n) is 21.0. The summed E-state index contributed by atoms with van der Waals surface area (Å²) in [4.78, 5) is 4.93. The number of hydrogen-bond acceptors (Lipinski definition) is 4. The summed E-state index contributed by atoms with van der Waals surface area (Å²) >= 11 is 0. The molecule has 0 radical (unpaired) electrons. The van der Waals surface area contributed by atoms with Crippen LogP contribution in [0.4, 0.5) is 34.1 Å². The van der Waals surface area contributed by atoms with E-state index in [1.54, 1.807) is 0 Å². The van der Waals surface area contributed by atoms with Crippen LogP contribution in [0.1, 0.15) is 0 Å². The SMILES string of the molecule is c1ccc(N2c3ccccc3B3c4c2cc(-n2c5ccccc5c5ccccc52)cc4N(c2ccccc2)c2cc4c5c(c23)Oc2ccccc2B5c2ccccc2O4)cc1. The van der Waals surface area contributed by atoms with Crippen molar-refractivity contribution < 1.29 is 9.47 Å². The molecule has 0 saturated heterocycles. The number of hydrogen-bond donors (Lipinski definition) is 0. The van der Waals surface area contributed by atoms with Gasteiger partial charge in [-0.25, -0.2) is 0 Å². The maximum Gasteiger partial charge on any atom is 0.260 e. The molecule has 0 amide bonds. The van der Waals surface area contributed by atoms with Gasteiger partial charge < -0.3 is 23.8 Å². The van der Waals surface area contributed by atoms with E-state index < -0.39 is 0 Å². The number of aromatic nitrogens is 1. The van der Waals surface area contributed by atoms with E-state index in [4.69, 9.17) is 9.47 Å². The van der Waals surface area contributed by atoms with Crippen molar-refractivity contribution in [1.29, 1.82) is 0 Å². The topological polar surface area (TPSA) is 29.9 Å². The molecule has 10 aromatic rings. The van der Waals surface area contributed by atoms with Crippen LogP contribution in [-0.2, 0) is 0 Å². The van der Waals surface area contributed by atoms with Crippen LogP contribution in [0.15, 0.2) is 200 Å². The van der Waals surface area contributed by atoms with E-state index in [-0.39, 0.29) is 13.4 Å². The molecule has 5 heterocycles. The van der Waals surface area contributed by atoms with Crippen molar-refractivity contribution in [2.45, 2.75) is 0 Å². The van der Waals surface area contributed by atoms with Crippen molar-refractivity contribution in [3.8, 4) is 28.7 Å². The molecule has 0 atom stereocenters. The molecule has 61 heavy (non-hydrogen) atoms. The van der Waals surface area contributed by atoms with Crippen LogP contribution in [0, 0.1) is 0 Å². The predicted molar refractivity (Wildman–Crippen MR) is 252 cm³/mol. The second-order valence-electron chi connectivity index (χ2n) is 16.4. The van der Waals surface area contributed by atoms with Gasteiger partial charge in [-0.15, -0.1) is 0 Å². The summed E-state index contributed by atoms with van der Waals surface area (Å²) in [6.45, 7) is -0.208. The molecule has 282 valence electrons. The van der Waals surface area contributed by atoms with E-state index in [0.29, 0.717) is 0 Å². The molecule has 0 unspecified atom stereocenters. The summed E-state index contributed by atoms with van der Waals surface area (Å²) in [7, 11) is 0. The lowest BCUT2D eigenvalue weighted by Crippen LogP contribution is -2.65. The second kappa shape index (κ2) is 12.3. The standard InChI is InChI=1S/C54H33B2N3O2/c1-3-17-34(18-4-1)57-44-28-14-9-23-39(44)56-51-45(57)31-36(59-42-26-12-7-21-37(42)38-22-8-13-27-43(38)59)32-46(51)58(35-19-5-2-6-20-35)47-33-50-53-54(52(47)56)61-49-30-16-11-25-41(49)55(53)40-24-10-15-29-48(40)60-50/h1-33H. The predicted octanol–water partition coefficient (Wildman–Crippen LogP) is 9.59. The van der Waals surface area contributed by atoms with E-state index in [1.807, 2.05) is 0 Å². The molecule has 5 nitrogen and oxygen atoms in total. The number of para-hydroxylation sites is 7. The molecule has 0 saturated carbocycles. The Balaban J connectivity index is 1.15.